The van der Waals surface area contributed by atoms with E-state index in [0.717, 1.165) is 0 Å². The molecule has 1 amide bonds. The lowest BCUT2D eigenvalue weighted by Gasteiger charge is -2.11. The highest BCUT2D eigenvalue weighted by Gasteiger charge is 2.04. The van der Waals surface area contributed by atoms with Crippen molar-refractivity contribution in [2.75, 3.05) is 17.2 Å². The van der Waals surface area contributed by atoms with Crippen molar-refractivity contribution in [1.29, 1.82) is 0 Å². The Morgan fingerprint density at radius 1 is 1.44 bits per heavy atom. The highest BCUT2D eigenvalue weighted by molar-refractivity contribution is 5.89. The van der Waals surface area contributed by atoms with E-state index in [-0.39, 0.29) is 11.7 Å². The Bertz CT molecular complexity index is 377. The summed E-state index contributed by atoms with van der Waals surface area (Å²) in [5.41, 5.74) is 1.01. The SMILES string of the molecule is CC(=O)Nc1ccc(F)c(NCC(C)C)c1. The number of amides is 1. The second-order valence-electron chi connectivity index (χ2n) is 4.15. The maximum atomic E-state index is 13.4. The lowest BCUT2D eigenvalue weighted by molar-refractivity contribution is -0.114. The van der Waals surface area contributed by atoms with Gasteiger partial charge in [-0.25, -0.2) is 4.39 Å². The van der Waals surface area contributed by atoms with E-state index >= 15 is 0 Å². The molecule has 1 rings (SSSR count). The Labute approximate surface area is 95.0 Å². The van der Waals surface area contributed by atoms with E-state index in [4.69, 9.17) is 0 Å². The van der Waals surface area contributed by atoms with Crippen LogP contribution in [-0.2, 0) is 4.79 Å². The van der Waals surface area contributed by atoms with Gasteiger partial charge in [0.25, 0.3) is 0 Å². The molecule has 88 valence electrons. The zero-order chi connectivity index (χ0) is 12.1. The highest BCUT2D eigenvalue weighted by Crippen LogP contribution is 2.19. The minimum Gasteiger partial charge on any atom is -0.382 e. The molecule has 1 aromatic rings. The average Bonchev–Trinajstić information content (AvgIpc) is 2.18. The average molecular weight is 224 g/mol. The molecule has 2 N–H and O–H groups in total. The van der Waals surface area contributed by atoms with Crippen LogP contribution < -0.4 is 10.6 Å². The van der Waals surface area contributed by atoms with Crippen LogP contribution in [0.3, 0.4) is 0 Å². The van der Waals surface area contributed by atoms with E-state index in [1.165, 1.54) is 19.1 Å². The fraction of sp³-hybridized carbons (Fsp3) is 0.417. The number of rotatable bonds is 4. The van der Waals surface area contributed by atoms with Crippen LogP contribution in [0.2, 0.25) is 0 Å². The number of hydrogen-bond donors (Lipinski definition) is 2. The molecule has 1 aromatic carbocycles. The molecular weight excluding hydrogens is 207 g/mol. The maximum absolute atomic E-state index is 13.4. The summed E-state index contributed by atoms with van der Waals surface area (Å²) in [6, 6.07) is 4.48. The molecule has 0 saturated heterocycles. The van der Waals surface area contributed by atoms with E-state index in [2.05, 4.69) is 10.6 Å². The first-order valence-electron chi connectivity index (χ1n) is 5.30. The monoisotopic (exact) mass is 224 g/mol. The Morgan fingerprint density at radius 3 is 2.69 bits per heavy atom. The number of halogens is 1. The molecule has 4 heteroatoms. The van der Waals surface area contributed by atoms with Gasteiger partial charge in [-0.05, 0) is 24.1 Å². The Kier molecular flexibility index (Phi) is 4.28. The van der Waals surface area contributed by atoms with Gasteiger partial charge in [0.15, 0.2) is 0 Å². The molecule has 0 saturated carbocycles. The highest BCUT2D eigenvalue weighted by atomic mass is 19.1. The summed E-state index contributed by atoms with van der Waals surface area (Å²) in [5.74, 6) is -0.0417. The van der Waals surface area contributed by atoms with Gasteiger partial charge in [0, 0.05) is 19.2 Å². The van der Waals surface area contributed by atoms with Crippen LogP contribution in [0.25, 0.3) is 0 Å². The summed E-state index contributed by atoms with van der Waals surface area (Å²) >= 11 is 0. The van der Waals surface area contributed by atoms with Gasteiger partial charge in [0.1, 0.15) is 5.82 Å². The van der Waals surface area contributed by atoms with Crippen molar-refractivity contribution in [3.05, 3.63) is 24.0 Å². The molecule has 0 radical (unpaired) electrons. The van der Waals surface area contributed by atoms with Crippen LogP contribution in [0.15, 0.2) is 18.2 Å². The summed E-state index contributed by atoms with van der Waals surface area (Å²) in [5, 5.41) is 5.61. The molecule has 0 fully saturated rings. The summed E-state index contributed by atoms with van der Waals surface area (Å²) < 4.78 is 13.4. The van der Waals surface area contributed by atoms with E-state index in [1.54, 1.807) is 6.07 Å². The van der Waals surface area contributed by atoms with Crippen molar-refractivity contribution in [1.82, 2.24) is 0 Å². The minimum absolute atomic E-state index is 0.165. The molecule has 0 bridgehead atoms. The van der Waals surface area contributed by atoms with Gasteiger partial charge >= 0.3 is 0 Å². The normalized spacial score (nSPS) is 10.3. The lowest BCUT2D eigenvalue weighted by atomic mass is 10.2. The third-order valence-electron chi connectivity index (χ3n) is 1.99. The maximum Gasteiger partial charge on any atom is 0.221 e. The van der Waals surface area contributed by atoms with Gasteiger partial charge < -0.3 is 10.6 Å². The lowest BCUT2D eigenvalue weighted by Crippen LogP contribution is -2.10. The minimum atomic E-state index is -0.310. The summed E-state index contributed by atoms with van der Waals surface area (Å²) in [4.78, 5) is 10.9. The number of anilines is 2. The van der Waals surface area contributed by atoms with Crippen LogP contribution >= 0.6 is 0 Å². The van der Waals surface area contributed by atoms with Gasteiger partial charge in [-0.3, -0.25) is 4.79 Å². The van der Waals surface area contributed by atoms with Crippen molar-refractivity contribution in [3.8, 4) is 0 Å². The van der Waals surface area contributed by atoms with Gasteiger partial charge in [0.2, 0.25) is 5.91 Å². The van der Waals surface area contributed by atoms with Crippen LogP contribution in [0.5, 0.6) is 0 Å². The summed E-state index contributed by atoms with van der Waals surface area (Å²) in [6.45, 7) is 6.20. The predicted octanol–water partition coefficient (Wildman–Crippen LogP) is 2.85. The fourth-order valence-electron chi connectivity index (χ4n) is 1.26. The molecule has 16 heavy (non-hydrogen) atoms. The molecule has 0 aliphatic carbocycles. The van der Waals surface area contributed by atoms with Gasteiger partial charge in [0.05, 0.1) is 5.69 Å². The Hall–Kier alpha value is -1.58. The first kappa shape index (κ1) is 12.5. The summed E-state index contributed by atoms with van der Waals surface area (Å²) in [7, 11) is 0. The first-order chi connectivity index (χ1) is 7.49. The number of nitrogens with one attached hydrogen (secondary N) is 2. The van der Waals surface area contributed by atoms with Crippen molar-refractivity contribution < 1.29 is 9.18 Å². The molecule has 0 aliphatic heterocycles. The molecule has 0 aromatic heterocycles. The van der Waals surface area contributed by atoms with Crippen LogP contribution in [-0.4, -0.2) is 12.5 Å². The molecule has 0 heterocycles. The van der Waals surface area contributed by atoms with Gasteiger partial charge in [-0.2, -0.15) is 0 Å². The standard InChI is InChI=1S/C12H17FN2O/c1-8(2)7-14-12-6-10(15-9(3)16)4-5-11(12)13/h4-6,8,14H,7H2,1-3H3,(H,15,16). The second-order valence-corrected chi connectivity index (χ2v) is 4.15. The van der Waals surface area contributed by atoms with Crippen LogP contribution in [0.4, 0.5) is 15.8 Å². The second kappa shape index (κ2) is 5.49. The molecule has 3 nitrogen and oxygen atoms in total. The molecule has 0 spiro atoms. The molecule has 0 aliphatic rings. The topological polar surface area (TPSA) is 41.1 Å². The van der Waals surface area contributed by atoms with Crippen molar-refractivity contribution >= 4 is 17.3 Å². The zero-order valence-corrected chi connectivity index (χ0v) is 9.80. The third kappa shape index (κ3) is 3.88. The third-order valence-corrected chi connectivity index (χ3v) is 1.99. The zero-order valence-electron chi connectivity index (χ0n) is 9.80. The van der Waals surface area contributed by atoms with Crippen molar-refractivity contribution in [2.24, 2.45) is 5.92 Å². The quantitative estimate of drug-likeness (QED) is 0.825. The largest absolute Gasteiger partial charge is 0.382 e. The number of carbonyl (C=O) groups excluding carboxylic acids is 1. The molecular formula is C12H17FN2O. The van der Waals surface area contributed by atoms with E-state index in [0.29, 0.717) is 23.8 Å². The summed E-state index contributed by atoms with van der Waals surface area (Å²) in [6.07, 6.45) is 0. The fourth-order valence-corrected chi connectivity index (χ4v) is 1.26. The van der Waals surface area contributed by atoms with Crippen molar-refractivity contribution in [3.63, 3.8) is 0 Å². The number of carbonyl (C=O) groups is 1. The Morgan fingerprint density at radius 2 is 2.12 bits per heavy atom. The van der Waals surface area contributed by atoms with Crippen LogP contribution in [0, 0.1) is 11.7 Å². The number of benzene rings is 1. The first-order valence-corrected chi connectivity index (χ1v) is 5.30. The van der Waals surface area contributed by atoms with E-state index in [1.807, 2.05) is 13.8 Å². The van der Waals surface area contributed by atoms with Gasteiger partial charge in [-0.1, -0.05) is 13.8 Å². The molecule has 0 atom stereocenters. The van der Waals surface area contributed by atoms with Crippen molar-refractivity contribution in [2.45, 2.75) is 20.8 Å². The van der Waals surface area contributed by atoms with Crippen LogP contribution in [0.1, 0.15) is 20.8 Å². The van der Waals surface area contributed by atoms with E-state index in [9.17, 15) is 9.18 Å². The predicted molar refractivity (Wildman–Crippen MR) is 64.0 cm³/mol. The van der Waals surface area contributed by atoms with Gasteiger partial charge in [-0.15, -0.1) is 0 Å². The Balaban J connectivity index is 2.77. The molecule has 0 unspecified atom stereocenters. The smallest absolute Gasteiger partial charge is 0.221 e. The number of hydrogen-bond acceptors (Lipinski definition) is 2. The van der Waals surface area contributed by atoms with E-state index < -0.39 is 0 Å².